The van der Waals surface area contributed by atoms with Gasteiger partial charge < -0.3 is 50.5 Å². The Hall–Kier alpha value is -7.95. The number of benzene rings is 4. The highest BCUT2D eigenvalue weighted by molar-refractivity contribution is 6.04. The van der Waals surface area contributed by atoms with Gasteiger partial charge >= 0.3 is 12.2 Å². The number of hydrogen-bond donors (Lipinski definition) is 5. The molecule has 2 fully saturated rings. The number of anilines is 2. The zero-order chi connectivity index (χ0) is 65.1. The first kappa shape index (κ1) is 66.5. The summed E-state index contributed by atoms with van der Waals surface area (Å²) >= 11 is 0. The number of halogens is 1. The van der Waals surface area contributed by atoms with Crippen molar-refractivity contribution in [1.29, 1.82) is 0 Å². The normalized spacial score (nSPS) is 22.6. The van der Waals surface area contributed by atoms with Crippen molar-refractivity contribution in [3.63, 3.8) is 0 Å². The fourth-order valence-electron chi connectivity index (χ4n) is 13.0. The Morgan fingerprint density at radius 1 is 0.856 bits per heavy atom. The highest BCUT2D eigenvalue weighted by atomic mass is 19.1. The lowest BCUT2D eigenvalue weighted by molar-refractivity contribution is -0.147. The van der Waals surface area contributed by atoms with Crippen LogP contribution in [-0.4, -0.2) is 185 Å². The molecule has 4 aromatic rings. The van der Waals surface area contributed by atoms with Gasteiger partial charge in [-0.3, -0.25) is 43.5 Å². The Kier molecular flexibility index (Phi) is 20.1. The number of piperazine rings is 1. The number of nitrogens with zero attached hydrogens (tertiary/aromatic N) is 6. The van der Waals surface area contributed by atoms with Gasteiger partial charge in [0, 0.05) is 82.2 Å². The third kappa shape index (κ3) is 15.3. The van der Waals surface area contributed by atoms with Gasteiger partial charge in [0.1, 0.15) is 29.5 Å². The van der Waals surface area contributed by atoms with Gasteiger partial charge in [-0.1, -0.05) is 75.4 Å². The second-order valence-electron chi connectivity index (χ2n) is 27.4. The molecule has 22 heteroatoms. The van der Waals surface area contributed by atoms with Crippen LogP contribution in [0, 0.1) is 11.2 Å². The number of amides is 8. The minimum atomic E-state index is -1.33. The van der Waals surface area contributed by atoms with E-state index in [1.54, 1.807) is 63.8 Å². The van der Waals surface area contributed by atoms with Crippen molar-refractivity contribution in [3.05, 3.63) is 130 Å². The number of hydrogen-bond acceptors (Lipinski definition) is 12. The van der Waals surface area contributed by atoms with Gasteiger partial charge in [0.15, 0.2) is 0 Å². The van der Waals surface area contributed by atoms with Crippen LogP contribution in [0.2, 0.25) is 0 Å². The second kappa shape index (κ2) is 27.3. The van der Waals surface area contributed by atoms with Gasteiger partial charge in [0.2, 0.25) is 35.4 Å². The Balaban J connectivity index is 0.929. The molecule has 4 aliphatic heterocycles. The molecule has 5 aliphatic rings. The minimum Gasteiger partial charge on any atom is -0.465 e. The van der Waals surface area contributed by atoms with Crippen LogP contribution < -0.4 is 26.2 Å². The number of carbonyl (C=O) groups excluding carboxylic acids is 7. The summed E-state index contributed by atoms with van der Waals surface area (Å²) in [7, 11) is 1.45. The number of carboxylic acid groups (broad SMARTS) is 1. The molecule has 9 rings (SSSR count). The molecule has 0 bridgehead atoms. The van der Waals surface area contributed by atoms with E-state index in [1.165, 1.54) is 33.9 Å². The van der Waals surface area contributed by atoms with Crippen LogP contribution in [0.25, 0.3) is 0 Å². The number of fused-ring (bicyclic) bond motifs is 3. The quantitative estimate of drug-likeness (QED) is 0.0778. The molecular weight excluding hydrogens is 1150 g/mol. The predicted octanol–water partition coefficient (Wildman–Crippen LogP) is 6.78. The summed E-state index contributed by atoms with van der Waals surface area (Å²) in [5.41, 5.74) is 3.68. The molecule has 0 radical (unpaired) electrons. The van der Waals surface area contributed by atoms with E-state index in [9.17, 15) is 43.1 Å². The molecule has 4 aromatic carbocycles. The van der Waals surface area contributed by atoms with Gasteiger partial charge in [-0.25, -0.2) is 14.0 Å². The van der Waals surface area contributed by atoms with Crippen molar-refractivity contribution < 1.29 is 57.3 Å². The van der Waals surface area contributed by atoms with E-state index in [0.717, 1.165) is 40.7 Å². The van der Waals surface area contributed by atoms with Gasteiger partial charge in [-0.2, -0.15) is 0 Å². The van der Waals surface area contributed by atoms with E-state index in [0.29, 0.717) is 68.2 Å². The van der Waals surface area contributed by atoms with E-state index in [-0.39, 0.29) is 68.4 Å². The molecule has 21 nitrogen and oxygen atoms in total. The maximum absolute atomic E-state index is 15.3. The van der Waals surface area contributed by atoms with Crippen LogP contribution in [0.3, 0.4) is 0 Å². The molecular formula is C68H89FN10O11. The van der Waals surface area contributed by atoms with Gasteiger partial charge in [-0.15, -0.1) is 0 Å². The van der Waals surface area contributed by atoms with Gasteiger partial charge in [0.25, 0.3) is 0 Å². The molecule has 4 heterocycles. The Labute approximate surface area is 527 Å². The SMILES string of the molecule is C[C@@H]1COCCN1C[C@H]1CN(C(=O)O)[C@H](C)CN1CC(=O)N1C[C@@](C)(C(=O)NCC(=O)Nc2ccc3c(c2)CN(C(=O)[C@@H](NC(=O)[C@H](C)N(C)C(=O)OC(C)(C)C)C(C)(C)C)[C@H](C(=O)N[C@@H]2CCCc4ccccc42)C3)c2ccc(Cc3ccc(F)cc3)cc21. The molecule has 0 spiro atoms. The molecule has 484 valence electrons. The first-order chi connectivity index (χ1) is 42.5. The van der Waals surface area contributed by atoms with Crippen molar-refractivity contribution in [2.45, 2.75) is 161 Å². The van der Waals surface area contributed by atoms with Gasteiger partial charge in [-0.05, 0) is 149 Å². The summed E-state index contributed by atoms with van der Waals surface area (Å²) in [5, 5.41) is 22.1. The van der Waals surface area contributed by atoms with Crippen molar-refractivity contribution in [1.82, 2.24) is 40.4 Å². The second-order valence-corrected chi connectivity index (χ2v) is 27.4. The lowest BCUT2D eigenvalue weighted by Crippen LogP contribution is -2.64. The predicted molar refractivity (Wildman–Crippen MR) is 338 cm³/mol. The van der Waals surface area contributed by atoms with Crippen molar-refractivity contribution in [3.8, 4) is 0 Å². The lowest BCUT2D eigenvalue weighted by Gasteiger charge is -2.47. The summed E-state index contributed by atoms with van der Waals surface area (Å²) < 4.78 is 25.2. The van der Waals surface area contributed by atoms with Gasteiger partial charge in [0.05, 0.1) is 37.8 Å². The minimum absolute atomic E-state index is 0.0544. The van der Waals surface area contributed by atoms with Crippen LogP contribution >= 0.6 is 0 Å². The summed E-state index contributed by atoms with van der Waals surface area (Å²) in [6, 6.07) is 20.9. The fourth-order valence-corrected chi connectivity index (χ4v) is 13.0. The topological polar surface area (TPSA) is 243 Å². The Bertz CT molecular complexity index is 3370. The average molecular weight is 1240 g/mol. The van der Waals surface area contributed by atoms with Crippen LogP contribution in [-0.2, 0) is 69.5 Å². The summed E-state index contributed by atoms with van der Waals surface area (Å²) in [4.78, 5) is 123. The average Bonchev–Trinajstić information content (AvgIpc) is 1.56. The fraction of sp³-hybridized carbons (Fsp3) is 0.529. The van der Waals surface area contributed by atoms with E-state index in [4.69, 9.17) is 9.47 Å². The molecule has 2 saturated heterocycles. The van der Waals surface area contributed by atoms with E-state index in [1.807, 2.05) is 75.1 Å². The maximum atomic E-state index is 15.3. The molecule has 90 heavy (non-hydrogen) atoms. The van der Waals surface area contributed by atoms with E-state index >= 15 is 4.79 Å². The third-order valence-electron chi connectivity index (χ3n) is 18.4. The monoisotopic (exact) mass is 1240 g/mol. The first-order valence-corrected chi connectivity index (χ1v) is 31.4. The number of aryl methyl sites for hydroxylation is 1. The zero-order valence-corrected chi connectivity index (χ0v) is 53.8. The molecule has 1 aliphatic carbocycles. The van der Waals surface area contributed by atoms with Crippen molar-refractivity contribution in [2.24, 2.45) is 5.41 Å². The highest BCUT2D eigenvalue weighted by Gasteiger charge is 2.49. The van der Waals surface area contributed by atoms with Crippen molar-refractivity contribution >= 4 is 59.0 Å². The first-order valence-electron chi connectivity index (χ1n) is 31.4. The molecule has 8 amide bonds. The van der Waals surface area contributed by atoms with E-state index in [2.05, 4.69) is 39.2 Å². The Morgan fingerprint density at radius 3 is 2.28 bits per heavy atom. The Morgan fingerprint density at radius 2 is 1.58 bits per heavy atom. The zero-order valence-electron chi connectivity index (χ0n) is 53.8. The van der Waals surface area contributed by atoms with Crippen LogP contribution in [0.15, 0.2) is 84.9 Å². The largest absolute Gasteiger partial charge is 0.465 e. The van der Waals surface area contributed by atoms with Crippen molar-refractivity contribution in [2.75, 3.05) is 76.3 Å². The van der Waals surface area contributed by atoms with Crippen LogP contribution in [0.4, 0.5) is 25.4 Å². The standard InChI is InChI=1S/C68H89FN10O11/c1-41-34-76(51(37-77(41)64(86)87)36-75-27-28-89-39-42(75)2)38-58(81)79-40-68(10,53-26-21-45(30-55(53)79)29-44-19-23-49(69)24-20-44)63(85)70-33-57(80)71-50-25-22-47-32-56(61(83)72-54-18-14-16-46-15-12-13-17-52(46)54)78(35-48(47)31-50)62(84)59(66(4,5)6)73-60(82)43(3)74(11)65(88)90-67(7,8)9/h12-13,15,17,19-26,30-31,41-43,51,54,56,59H,14,16,18,27-29,32-40H2,1-11H3,(H,70,85)(H,71,80)(H,72,83)(H,73,82)(H,86,87)/t41-,42-,43+,51+,54-,56+,59-,68-/m1/s1. The highest BCUT2D eigenvalue weighted by Crippen LogP contribution is 2.43. The van der Waals surface area contributed by atoms with Crippen LogP contribution in [0.5, 0.6) is 0 Å². The van der Waals surface area contributed by atoms with Crippen LogP contribution in [0.1, 0.15) is 127 Å². The maximum Gasteiger partial charge on any atom is 0.410 e. The number of nitrogens with one attached hydrogen (secondary N) is 4. The van der Waals surface area contributed by atoms with E-state index < -0.39 is 83.0 Å². The summed E-state index contributed by atoms with van der Waals surface area (Å²) in [5.74, 6) is -3.19. The third-order valence-corrected chi connectivity index (χ3v) is 18.4. The lowest BCUT2D eigenvalue weighted by atomic mass is 9.83. The molecule has 0 saturated carbocycles. The molecule has 0 aromatic heterocycles. The number of morpholine rings is 1. The molecule has 0 unspecified atom stereocenters. The number of rotatable bonds is 16. The molecule has 5 N–H and O–H groups in total. The summed E-state index contributed by atoms with van der Waals surface area (Å²) in [6.45, 7) is 19.9. The number of likely N-dealkylation sites (N-methyl/N-ethyl adjacent to an activating group) is 1. The molecule has 8 atom stereocenters. The summed E-state index contributed by atoms with van der Waals surface area (Å²) in [6.07, 6.45) is 1.27. The smallest absolute Gasteiger partial charge is 0.410 e. The number of ether oxygens (including phenoxy) is 2. The number of carbonyl (C=O) groups is 8.